The summed E-state index contributed by atoms with van der Waals surface area (Å²) in [6, 6.07) is 8.54. The van der Waals surface area contributed by atoms with E-state index in [4.69, 9.17) is 0 Å². The predicted molar refractivity (Wildman–Crippen MR) is 131 cm³/mol. The first-order valence-electron chi connectivity index (χ1n) is 10.9. The van der Waals surface area contributed by atoms with Crippen molar-refractivity contribution in [2.24, 2.45) is 0 Å². The van der Waals surface area contributed by atoms with Gasteiger partial charge in [0.15, 0.2) is 0 Å². The number of rotatable bonds is 7. The molecule has 3 heterocycles. The molecule has 32 heavy (non-hydrogen) atoms. The highest BCUT2D eigenvalue weighted by atomic mass is 79.9. The molecule has 2 aliphatic rings. The zero-order chi connectivity index (χ0) is 22.6. The summed E-state index contributed by atoms with van der Waals surface area (Å²) in [5.41, 5.74) is 4.18. The number of hydrogen-bond donors (Lipinski definition) is 0. The maximum absolute atomic E-state index is 13.5. The lowest BCUT2D eigenvalue weighted by Crippen LogP contribution is -2.27. The first-order chi connectivity index (χ1) is 15.2. The molecule has 1 aromatic carbocycles. The average molecular weight is 519 g/mol. The van der Waals surface area contributed by atoms with Gasteiger partial charge < -0.3 is 9.47 Å². The number of halogens is 1. The molecular formula is C23H27BrN4O3S. The van der Waals surface area contributed by atoms with Crippen LogP contribution in [0.3, 0.4) is 0 Å². The van der Waals surface area contributed by atoms with E-state index in [9.17, 15) is 13.2 Å². The molecule has 0 unspecified atom stereocenters. The standard InChI is InChI=1S/C23H27BrN4O3S/c1-25-10-8-21-22(15-25)27(23(29)28(21)18-5-6-18)14-19-13-16-12-17(24)4-7-20(16)26(19)9-3-11-32(2,30)31/h4,7-8,10,12-13,18H,3,5-6,9,11,14-15H2,1-2H3. The normalized spacial score (nSPS) is 16.2. The summed E-state index contributed by atoms with van der Waals surface area (Å²) in [5, 5.41) is 1.08. The van der Waals surface area contributed by atoms with Gasteiger partial charge in [0.1, 0.15) is 9.84 Å². The van der Waals surface area contributed by atoms with Crippen molar-refractivity contribution < 1.29 is 8.42 Å². The lowest BCUT2D eigenvalue weighted by atomic mass is 10.2. The molecule has 1 aliphatic carbocycles. The molecule has 5 rings (SSSR count). The Morgan fingerprint density at radius 3 is 2.66 bits per heavy atom. The van der Waals surface area contributed by atoms with Gasteiger partial charge in [-0.15, -0.1) is 0 Å². The van der Waals surface area contributed by atoms with Crippen molar-refractivity contribution >= 4 is 42.7 Å². The number of nitrogens with zero attached hydrogens (tertiary/aromatic N) is 4. The molecule has 1 aliphatic heterocycles. The third-order valence-corrected chi connectivity index (χ3v) is 7.81. The molecule has 0 atom stereocenters. The molecule has 0 bridgehead atoms. The number of sulfone groups is 1. The maximum atomic E-state index is 13.5. The second kappa shape index (κ2) is 7.95. The minimum atomic E-state index is -3.03. The van der Waals surface area contributed by atoms with Crippen LogP contribution in [0.15, 0.2) is 39.7 Å². The number of fused-ring (bicyclic) bond motifs is 2. The molecule has 3 aromatic rings. The van der Waals surface area contributed by atoms with Gasteiger partial charge in [-0.05, 0) is 49.6 Å². The highest BCUT2D eigenvalue weighted by Crippen LogP contribution is 2.37. The molecule has 0 amide bonds. The van der Waals surface area contributed by atoms with Crippen molar-refractivity contribution in [1.29, 1.82) is 0 Å². The van der Waals surface area contributed by atoms with E-state index in [1.54, 1.807) is 0 Å². The van der Waals surface area contributed by atoms with Gasteiger partial charge in [0, 0.05) is 53.2 Å². The lowest BCUT2D eigenvalue weighted by molar-refractivity contribution is 0.427. The van der Waals surface area contributed by atoms with Crippen LogP contribution in [-0.2, 0) is 29.5 Å². The van der Waals surface area contributed by atoms with E-state index < -0.39 is 9.84 Å². The minimum Gasteiger partial charge on any atom is -0.374 e. The van der Waals surface area contributed by atoms with E-state index in [1.165, 1.54) is 6.26 Å². The molecule has 0 saturated heterocycles. The van der Waals surface area contributed by atoms with Crippen LogP contribution in [0.1, 0.15) is 42.4 Å². The third-order valence-electron chi connectivity index (χ3n) is 6.28. The monoisotopic (exact) mass is 518 g/mol. The second-order valence-corrected chi connectivity index (χ2v) is 12.2. The van der Waals surface area contributed by atoms with Crippen LogP contribution in [0.2, 0.25) is 0 Å². The molecule has 2 aromatic heterocycles. The van der Waals surface area contributed by atoms with Gasteiger partial charge in [-0.2, -0.15) is 0 Å². The molecule has 0 spiro atoms. The molecule has 1 saturated carbocycles. The number of hydrogen-bond acceptors (Lipinski definition) is 4. The maximum Gasteiger partial charge on any atom is 0.329 e. The van der Waals surface area contributed by atoms with E-state index in [2.05, 4.69) is 37.5 Å². The Morgan fingerprint density at radius 2 is 1.94 bits per heavy atom. The number of benzene rings is 1. The summed E-state index contributed by atoms with van der Waals surface area (Å²) in [4.78, 5) is 15.5. The van der Waals surface area contributed by atoms with Gasteiger partial charge in [0.05, 0.1) is 30.2 Å². The van der Waals surface area contributed by atoms with E-state index in [0.717, 1.165) is 45.3 Å². The topological polar surface area (TPSA) is 69.2 Å². The smallest absolute Gasteiger partial charge is 0.329 e. The number of aryl methyl sites for hydroxylation is 1. The van der Waals surface area contributed by atoms with Crippen LogP contribution in [0.5, 0.6) is 0 Å². The van der Waals surface area contributed by atoms with Crippen LogP contribution >= 0.6 is 15.9 Å². The van der Waals surface area contributed by atoms with E-state index in [-0.39, 0.29) is 11.4 Å². The molecule has 0 N–H and O–H groups in total. The zero-order valence-electron chi connectivity index (χ0n) is 18.3. The van der Waals surface area contributed by atoms with Crippen LogP contribution in [0, 0.1) is 0 Å². The Hall–Kier alpha value is -2.26. The Balaban J connectivity index is 1.58. The Kier molecular flexibility index (Phi) is 5.36. The van der Waals surface area contributed by atoms with Crippen molar-refractivity contribution in [2.45, 2.75) is 44.9 Å². The Labute approximate surface area is 196 Å². The molecule has 1 fully saturated rings. The van der Waals surface area contributed by atoms with Gasteiger partial charge in [-0.3, -0.25) is 9.13 Å². The van der Waals surface area contributed by atoms with Crippen LogP contribution in [0.25, 0.3) is 17.0 Å². The average Bonchev–Trinajstić information content (AvgIpc) is 3.44. The first-order valence-corrected chi connectivity index (χ1v) is 13.7. The summed E-state index contributed by atoms with van der Waals surface area (Å²) in [6.07, 6.45) is 8.00. The van der Waals surface area contributed by atoms with Gasteiger partial charge in [0.2, 0.25) is 0 Å². The number of aromatic nitrogens is 3. The molecule has 170 valence electrons. The number of imidazole rings is 1. The van der Waals surface area contributed by atoms with Gasteiger partial charge in [-0.25, -0.2) is 13.2 Å². The van der Waals surface area contributed by atoms with Crippen molar-refractivity contribution in [3.8, 4) is 0 Å². The second-order valence-electron chi connectivity index (χ2n) is 9.01. The third kappa shape index (κ3) is 4.08. The summed E-state index contributed by atoms with van der Waals surface area (Å²) in [5.74, 6) is 0.144. The fourth-order valence-electron chi connectivity index (χ4n) is 4.64. The fraction of sp³-hybridized carbons (Fsp3) is 0.435. The fourth-order valence-corrected chi connectivity index (χ4v) is 5.68. The van der Waals surface area contributed by atoms with Crippen molar-refractivity contribution in [1.82, 2.24) is 18.6 Å². The highest BCUT2D eigenvalue weighted by molar-refractivity contribution is 9.10. The SMILES string of the molecule is CN1C=Cc2c(n(Cc3cc4cc(Br)ccc4n3CCCS(C)(=O)=O)c(=O)n2C2CC2)C1. The quantitative estimate of drug-likeness (QED) is 0.479. The van der Waals surface area contributed by atoms with Gasteiger partial charge in [0.25, 0.3) is 0 Å². The predicted octanol–water partition coefficient (Wildman–Crippen LogP) is 3.60. The highest BCUT2D eigenvalue weighted by Gasteiger charge is 2.32. The summed E-state index contributed by atoms with van der Waals surface area (Å²) in [6.45, 7) is 1.75. The van der Waals surface area contributed by atoms with Crippen molar-refractivity contribution in [3.05, 3.63) is 62.5 Å². The van der Waals surface area contributed by atoms with Crippen LogP contribution in [0.4, 0.5) is 0 Å². The van der Waals surface area contributed by atoms with E-state index >= 15 is 0 Å². The largest absolute Gasteiger partial charge is 0.374 e. The molecule has 9 heteroatoms. The van der Waals surface area contributed by atoms with Gasteiger partial charge in [-0.1, -0.05) is 15.9 Å². The van der Waals surface area contributed by atoms with Crippen LogP contribution in [-0.4, -0.2) is 46.1 Å². The molecule has 7 nitrogen and oxygen atoms in total. The van der Waals surface area contributed by atoms with Crippen LogP contribution < -0.4 is 5.69 Å². The van der Waals surface area contributed by atoms with Crippen molar-refractivity contribution in [2.75, 3.05) is 19.1 Å². The van der Waals surface area contributed by atoms with E-state index in [1.807, 2.05) is 40.6 Å². The molecule has 0 radical (unpaired) electrons. The lowest BCUT2D eigenvalue weighted by Gasteiger charge is -2.20. The summed E-state index contributed by atoms with van der Waals surface area (Å²) in [7, 11) is -1.01. The first kappa shape index (κ1) is 21.6. The summed E-state index contributed by atoms with van der Waals surface area (Å²) < 4.78 is 30.4. The Morgan fingerprint density at radius 1 is 1.16 bits per heavy atom. The van der Waals surface area contributed by atoms with E-state index in [0.29, 0.717) is 32.1 Å². The molecular weight excluding hydrogens is 492 g/mol. The summed E-state index contributed by atoms with van der Waals surface area (Å²) >= 11 is 3.55. The zero-order valence-corrected chi connectivity index (χ0v) is 20.7. The minimum absolute atomic E-state index is 0.0478. The Bertz CT molecular complexity index is 1390. The van der Waals surface area contributed by atoms with Crippen molar-refractivity contribution in [3.63, 3.8) is 0 Å². The van der Waals surface area contributed by atoms with Gasteiger partial charge >= 0.3 is 5.69 Å².